The van der Waals surface area contributed by atoms with Crippen LogP contribution in [0.5, 0.6) is 0 Å². The Morgan fingerprint density at radius 1 is 1.06 bits per heavy atom. The molecule has 1 aromatic carbocycles. The molecule has 7 nitrogen and oxygen atoms in total. The Bertz CT molecular complexity index is 1120. The molecule has 2 aliphatic rings. The Labute approximate surface area is 299 Å². The van der Waals surface area contributed by atoms with Gasteiger partial charge in [-0.15, -0.1) is 6.42 Å². The van der Waals surface area contributed by atoms with Gasteiger partial charge < -0.3 is 29.2 Å². The van der Waals surface area contributed by atoms with Gasteiger partial charge in [0.05, 0.1) is 24.2 Å². The zero-order valence-electron chi connectivity index (χ0n) is 31.7. The molecule has 2 fully saturated rings. The van der Waals surface area contributed by atoms with Crippen LogP contribution in [-0.2, 0) is 29.2 Å². The quantitative estimate of drug-likeness (QED) is 0.0612. The van der Waals surface area contributed by atoms with Gasteiger partial charge in [-0.1, -0.05) is 95.9 Å². The van der Waals surface area contributed by atoms with Crippen molar-refractivity contribution in [2.45, 2.75) is 173 Å². The van der Waals surface area contributed by atoms with Crippen molar-refractivity contribution in [3.8, 4) is 12.3 Å². The van der Waals surface area contributed by atoms with E-state index < -0.39 is 32.3 Å². The second kappa shape index (κ2) is 20.3. The number of unbranched alkanes of at least 4 members (excludes halogenated alkanes) is 2. The predicted octanol–water partition coefficient (Wildman–Crippen LogP) is 8.28. The summed E-state index contributed by atoms with van der Waals surface area (Å²) in [5.41, 5.74) is 1.05. The van der Waals surface area contributed by atoms with Crippen molar-refractivity contribution < 1.29 is 34.0 Å². The predicted molar refractivity (Wildman–Crippen MR) is 200 cm³/mol. The Kier molecular flexibility index (Phi) is 17.3. The van der Waals surface area contributed by atoms with Crippen LogP contribution in [0.3, 0.4) is 0 Å². The third-order valence-corrected chi connectivity index (χ3v) is 12.6. The number of aliphatic hydroxyl groups is 2. The summed E-state index contributed by atoms with van der Waals surface area (Å²) in [6.07, 6.45) is 12.0. The summed E-state index contributed by atoms with van der Waals surface area (Å²) >= 11 is 0. The fourth-order valence-electron chi connectivity index (χ4n) is 7.50. The molecule has 2 N–H and O–H groups in total. The van der Waals surface area contributed by atoms with Crippen molar-refractivity contribution in [3.05, 3.63) is 35.9 Å². The molecule has 0 radical (unpaired) electrons. The molecule has 0 bridgehead atoms. The first kappa shape index (κ1) is 41.7. The zero-order chi connectivity index (χ0) is 36.0. The van der Waals surface area contributed by atoms with Crippen LogP contribution in [0.2, 0.25) is 25.7 Å². The monoisotopic (exact) mass is 700 g/mol. The average molecular weight is 701 g/mol. The minimum Gasteiger partial charge on any atom is -0.462 e. The molecule has 8 heteroatoms. The summed E-state index contributed by atoms with van der Waals surface area (Å²) in [6.45, 7) is 16.9. The second-order valence-corrected chi connectivity index (χ2v) is 22.3. The Balaban J connectivity index is 1.83. The van der Waals surface area contributed by atoms with E-state index in [-0.39, 0.29) is 35.8 Å². The average Bonchev–Trinajstić information content (AvgIpc) is 3.06. The lowest BCUT2D eigenvalue weighted by atomic mass is 9.64. The van der Waals surface area contributed by atoms with Crippen molar-refractivity contribution in [3.63, 3.8) is 0 Å². The summed E-state index contributed by atoms with van der Waals surface area (Å²) < 4.78 is 25.2. The van der Waals surface area contributed by atoms with E-state index in [4.69, 9.17) is 25.4 Å². The number of esters is 1. The van der Waals surface area contributed by atoms with E-state index in [1.165, 1.54) is 5.56 Å². The number of rotatable bonds is 20. The topological polar surface area (TPSA) is 94.5 Å². The third-order valence-electron chi connectivity index (χ3n) is 10.9. The zero-order valence-corrected chi connectivity index (χ0v) is 32.7. The van der Waals surface area contributed by atoms with Crippen molar-refractivity contribution >= 4 is 14.0 Å². The van der Waals surface area contributed by atoms with Gasteiger partial charge in [0.2, 0.25) is 0 Å². The van der Waals surface area contributed by atoms with Gasteiger partial charge in [0.1, 0.15) is 12.2 Å². The van der Waals surface area contributed by atoms with Gasteiger partial charge in [0.15, 0.2) is 6.29 Å². The first-order chi connectivity index (χ1) is 23.2. The van der Waals surface area contributed by atoms with Gasteiger partial charge in [-0.25, -0.2) is 0 Å². The van der Waals surface area contributed by atoms with Crippen LogP contribution in [0.15, 0.2) is 30.3 Å². The summed E-state index contributed by atoms with van der Waals surface area (Å²) in [7, 11) is -1.35. The first-order valence-electron chi connectivity index (χ1n) is 19.2. The van der Waals surface area contributed by atoms with E-state index in [0.717, 1.165) is 70.3 Å². The summed E-state index contributed by atoms with van der Waals surface area (Å²) in [5, 5.41) is 21.7. The largest absolute Gasteiger partial charge is 0.462 e. The van der Waals surface area contributed by atoms with Crippen LogP contribution in [0.4, 0.5) is 0 Å². The lowest BCUT2D eigenvalue weighted by Crippen LogP contribution is -2.47. The van der Waals surface area contributed by atoms with Crippen molar-refractivity contribution in [1.82, 2.24) is 0 Å². The molecule has 1 aliphatic heterocycles. The molecule has 278 valence electrons. The molecule has 0 amide bonds. The van der Waals surface area contributed by atoms with E-state index in [1.54, 1.807) is 0 Å². The van der Waals surface area contributed by atoms with Crippen LogP contribution >= 0.6 is 0 Å². The summed E-state index contributed by atoms with van der Waals surface area (Å²) in [4.78, 5) is 14.5. The molecule has 0 spiro atoms. The highest BCUT2D eigenvalue weighted by Crippen LogP contribution is 2.44. The van der Waals surface area contributed by atoms with Gasteiger partial charge in [-0.05, 0) is 87.7 Å². The maximum Gasteiger partial charge on any atom is 0.312 e. The Hall–Kier alpha value is -1.73. The number of benzene rings is 1. The van der Waals surface area contributed by atoms with E-state index in [0.29, 0.717) is 32.0 Å². The molecule has 1 heterocycles. The van der Waals surface area contributed by atoms with Gasteiger partial charge in [-0.2, -0.15) is 0 Å². The molecule has 49 heavy (non-hydrogen) atoms. The van der Waals surface area contributed by atoms with E-state index >= 15 is 0 Å². The highest BCUT2D eigenvalue weighted by molar-refractivity contribution is 6.76. The third kappa shape index (κ3) is 14.1. The van der Waals surface area contributed by atoms with Crippen LogP contribution in [0.1, 0.15) is 110 Å². The number of hydrogen-bond donors (Lipinski definition) is 2. The minimum absolute atomic E-state index is 0.152. The number of ether oxygens (including phenoxy) is 4. The van der Waals surface area contributed by atoms with E-state index in [1.807, 2.05) is 13.0 Å². The van der Waals surface area contributed by atoms with Crippen LogP contribution < -0.4 is 0 Å². The smallest absolute Gasteiger partial charge is 0.312 e. The number of aliphatic hydroxyl groups excluding tert-OH is 2. The van der Waals surface area contributed by atoms with Crippen LogP contribution in [-0.4, -0.2) is 74.3 Å². The molecule has 9 atom stereocenters. The van der Waals surface area contributed by atoms with Gasteiger partial charge >= 0.3 is 5.97 Å². The number of carbonyl (C=O) groups is 1. The molecule has 3 unspecified atom stereocenters. The van der Waals surface area contributed by atoms with Crippen molar-refractivity contribution in [1.29, 1.82) is 0 Å². The maximum atomic E-state index is 14.5. The minimum atomic E-state index is -1.35. The summed E-state index contributed by atoms with van der Waals surface area (Å²) in [5.74, 6) is 1.81. The maximum absolute atomic E-state index is 14.5. The molecule has 1 saturated heterocycles. The molecular weight excluding hydrogens is 633 g/mol. The van der Waals surface area contributed by atoms with Crippen LogP contribution in [0, 0.1) is 30.1 Å². The molecule has 3 rings (SSSR count). The van der Waals surface area contributed by atoms with E-state index in [2.05, 4.69) is 70.6 Å². The molecular formula is C41H68O7Si. The van der Waals surface area contributed by atoms with Gasteiger partial charge in [0, 0.05) is 27.2 Å². The van der Waals surface area contributed by atoms with Crippen molar-refractivity contribution in [2.75, 3.05) is 13.2 Å². The lowest BCUT2D eigenvalue weighted by Gasteiger charge is -2.44. The molecule has 1 aliphatic carbocycles. The summed E-state index contributed by atoms with van der Waals surface area (Å²) in [6, 6.07) is 11.6. The fourth-order valence-corrected chi connectivity index (χ4v) is 8.23. The molecule has 1 saturated carbocycles. The highest BCUT2D eigenvalue weighted by atomic mass is 28.3. The lowest BCUT2D eigenvalue weighted by molar-refractivity contribution is -0.213. The number of terminal acetylenes is 1. The standard InChI is InChI=1S/C41H68O7Si/c1-9-33(42)20-14-11-15-21-34(45-26-27-49(6,7)8)29-35(39(43)31(3)47-38-22-16-17-25-46-38)40(44)48-37-28-30(2)23-24-36(37)41(4,5)32-18-12-10-13-19-32/h1,10,12-13,18-19,30-31,33-39,42-43H,11,14-17,20-29H2,2-8H3/t30-,31+,33+,34-,35?,36-,37-,38?,39?/m1/s1. The molecule has 0 aromatic heterocycles. The molecule has 1 aromatic rings. The highest BCUT2D eigenvalue weighted by Gasteiger charge is 2.44. The SMILES string of the molecule is C#C[C@H](O)CCCCC[C@H](CC(C(=O)O[C@@H]1C[C@H](C)CC[C@H]1C(C)(C)c1ccccc1)C(O)[C@H](C)OC1CCCCO1)OCC[Si](C)(C)C. The normalized spacial score (nSPS) is 25.1. The second-order valence-electron chi connectivity index (χ2n) is 16.7. The van der Waals surface area contributed by atoms with Gasteiger partial charge in [-0.3, -0.25) is 4.79 Å². The first-order valence-corrected chi connectivity index (χ1v) is 22.9. The Morgan fingerprint density at radius 2 is 1.78 bits per heavy atom. The number of carbonyl (C=O) groups excluding carboxylic acids is 1. The number of hydrogen-bond acceptors (Lipinski definition) is 7. The fraction of sp³-hybridized carbons (Fsp3) is 0.780. The van der Waals surface area contributed by atoms with Crippen LogP contribution in [0.25, 0.3) is 0 Å². The van der Waals surface area contributed by atoms with E-state index in [9.17, 15) is 15.0 Å². The Morgan fingerprint density at radius 3 is 2.43 bits per heavy atom. The van der Waals surface area contributed by atoms with Crippen molar-refractivity contribution in [2.24, 2.45) is 17.8 Å². The van der Waals surface area contributed by atoms with Gasteiger partial charge in [0.25, 0.3) is 0 Å².